The first-order valence-electron chi connectivity index (χ1n) is 5.04. The number of hydrogen-bond donors (Lipinski definition) is 1. The van der Waals surface area contributed by atoms with Crippen molar-refractivity contribution in [2.45, 2.75) is 18.9 Å². The van der Waals surface area contributed by atoms with Crippen LogP contribution in [-0.2, 0) is 9.53 Å². The Kier molecular flexibility index (Phi) is 4.00. The first-order valence-corrected chi connectivity index (χ1v) is 6.63. The summed E-state index contributed by atoms with van der Waals surface area (Å²) in [6.45, 7) is 0.683. The summed E-state index contributed by atoms with van der Waals surface area (Å²) in [5.41, 5.74) is 0.774. The third kappa shape index (κ3) is 2.84. The number of carbonyl (C=O) groups is 1. The summed E-state index contributed by atoms with van der Waals surface area (Å²) in [7, 11) is 0. The zero-order valence-corrected chi connectivity index (χ0v) is 11.7. The maximum Gasteiger partial charge on any atom is 0.253 e. The predicted octanol–water partition coefficient (Wildman–Crippen LogP) is 3.33. The maximum atomic E-state index is 11.7. The molecule has 86 valence electrons. The second kappa shape index (κ2) is 5.29. The first-order chi connectivity index (χ1) is 7.66. The summed E-state index contributed by atoms with van der Waals surface area (Å²) in [5, 5.41) is 2.84. The highest BCUT2D eigenvalue weighted by atomic mass is 79.9. The van der Waals surface area contributed by atoms with Crippen molar-refractivity contribution in [1.82, 2.24) is 0 Å². The molecule has 1 saturated heterocycles. The van der Waals surface area contributed by atoms with Crippen molar-refractivity contribution < 1.29 is 9.53 Å². The van der Waals surface area contributed by atoms with Gasteiger partial charge in [0.2, 0.25) is 0 Å². The number of nitrogens with one attached hydrogen (secondary N) is 1. The van der Waals surface area contributed by atoms with Crippen LogP contribution in [0.1, 0.15) is 12.8 Å². The van der Waals surface area contributed by atoms with E-state index in [1.165, 1.54) is 0 Å². The van der Waals surface area contributed by atoms with Crippen molar-refractivity contribution in [3.8, 4) is 0 Å². The Morgan fingerprint density at radius 1 is 1.38 bits per heavy atom. The Morgan fingerprint density at radius 3 is 2.81 bits per heavy atom. The Hall–Kier alpha value is -0.390. The van der Waals surface area contributed by atoms with Crippen LogP contribution in [0.25, 0.3) is 0 Å². The van der Waals surface area contributed by atoms with Gasteiger partial charge >= 0.3 is 0 Å². The van der Waals surface area contributed by atoms with Crippen molar-refractivity contribution in [2.75, 3.05) is 11.9 Å². The monoisotopic (exact) mass is 347 g/mol. The van der Waals surface area contributed by atoms with Gasteiger partial charge in [0.1, 0.15) is 6.10 Å². The molecule has 1 heterocycles. The first kappa shape index (κ1) is 12.1. The molecule has 2 rings (SSSR count). The number of hydrogen-bond acceptors (Lipinski definition) is 2. The number of rotatable bonds is 2. The van der Waals surface area contributed by atoms with Crippen LogP contribution in [0, 0.1) is 0 Å². The number of ether oxygens (including phenoxy) is 1. The molecule has 0 aromatic heterocycles. The lowest BCUT2D eigenvalue weighted by atomic mass is 10.2. The number of anilines is 1. The Bertz CT molecular complexity index is 403. The molecule has 1 aromatic rings. The molecule has 1 aliphatic heterocycles. The molecule has 16 heavy (non-hydrogen) atoms. The molecule has 0 spiro atoms. The van der Waals surface area contributed by atoms with Crippen molar-refractivity contribution in [1.29, 1.82) is 0 Å². The fourth-order valence-electron chi connectivity index (χ4n) is 1.58. The van der Waals surface area contributed by atoms with E-state index < -0.39 is 0 Å². The third-order valence-electron chi connectivity index (χ3n) is 2.41. The molecule has 3 nitrogen and oxygen atoms in total. The number of carbonyl (C=O) groups excluding carboxylic acids is 1. The maximum absolute atomic E-state index is 11.7. The van der Waals surface area contributed by atoms with Crippen molar-refractivity contribution in [2.24, 2.45) is 0 Å². The van der Waals surface area contributed by atoms with Gasteiger partial charge in [-0.05, 0) is 62.9 Å². The van der Waals surface area contributed by atoms with Crippen LogP contribution in [0.4, 0.5) is 5.69 Å². The van der Waals surface area contributed by atoms with Gasteiger partial charge in [0.15, 0.2) is 0 Å². The van der Waals surface area contributed by atoms with Crippen molar-refractivity contribution in [3.63, 3.8) is 0 Å². The van der Waals surface area contributed by atoms with E-state index in [0.29, 0.717) is 6.61 Å². The van der Waals surface area contributed by atoms with Gasteiger partial charge < -0.3 is 10.1 Å². The van der Waals surface area contributed by atoms with Gasteiger partial charge in [-0.15, -0.1) is 0 Å². The van der Waals surface area contributed by atoms with Gasteiger partial charge in [-0.25, -0.2) is 0 Å². The highest BCUT2D eigenvalue weighted by molar-refractivity contribution is 9.13. The fraction of sp³-hybridized carbons (Fsp3) is 0.364. The quantitative estimate of drug-likeness (QED) is 0.890. The van der Waals surface area contributed by atoms with E-state index in [1.54, 1.807) is 0 Å². The molecule has 0 unspecified atom stereocenters. The highest BCUT2D eigenvalue weighted by Gasteiger charge is 2.23. The van der Waals surface area contributed by atoms with Gasteiger partial charge in [0, 0.05) is 21.2 Å². The lowest BCUT2D eigenvalue weighted by Gasteiger charge is -2.10. The topological polar surface area (TPSA) is 38.3 Å². The molecule has 0 aliphatic carbocycles. The molecular weight excluding hydrogens is 338 g/mol. The summed E-state index contributed by atoms with van der Waals surface area (Å²) >= 11 is 6.77. The largest absolute Gasteiger partial charge is 0.368 e. The molecule has 5 heteroatoms. The van der Waals surface area contributed by atoms with E-state index >= 15 is 0 Å². The summed E-state index contributed by atoms with van der Waals surface area (Å²) in [4.78, 5) is 11.7. The summed E-state index contributed by atoms with van der Waals surface area (Å²) in [6, 6.07) is 5.59. The van der Waals surface area contributed by atoms with Gasteiger partial charge in [0.05, 0.1) is 0 Å². The Labute approximate surface area is 111 Å². The lowest BCUT2D eigenvalue weighted by Crippen LogP contribution is -2.26. The second-order valence-electron chi connectivity index (χ2n) is 3.62. The van der Waals surface area contributed by atoms with E-state index in [0.717, 1.165) is 27.5 Å². The van der Waals surface area contributed by atoms with Crippen LogP contribution < -0.4 is 5.32 Å². The standard InChI is InChI=1S/C11H11Br2NO2/c12-8-4-3-7(6-9(8)13)14-11(15)10-2-1-5-16-10/h3-4,6,10H,1-2,5H2,(H,14,15)/t10-/m1/s1. The van der Waals surface area contributed by atoms with Crippen LogP contribution in [0.15, 0.2) is 27.1 Å². The minimum absolute atomic E-state index is 0.0632. The summed E-state index contributed by atoms with van der Waals surface area (Å²) in [6.07, 6.45) is 1.48. The summed E-state index contributed by atoms with van der Waals surface area (Å²) < 4.78 is 7.18. The zero-order chi connectivity index (χ0) is 11.5. The number of benzene rings is 1. The van der Waals surface area contributed by atoms with Crippen molar-refractivity contribution >= 4 is 43.5 Å². The smallest absolute Gasteiger partial charge is 0.253 e. The third-order valence-corrected chi connectivity index (χ3v) is 4.29. The minimum Gasteiger partial charge on any atom is -0.368 e. The van der Waals surface area contributed by atoms with Gasteiger partial charge in [-0.1, -0.05) is 0 Å². The van der Waals surface area contributed by atoms with Crippen LogP contribution in [0.2, 0.25) is 0 Å². The molecule has 1 aromatic carbocycles. The summed E-state index contributed by atoms with van der Waals surface area (Å²) in [5.74, 6) is -0.0632. The van der Waals surface area contributed by atoms with Crippen LogP contribution in [0.5, 0.6) is 0 Å². The minimum atomic E-state index is -0.289. The molecule has 1 N–H and O–H groups in total. The van der Waals surface area contributed by atoms with Crippen LogP contribution in [-0.4, -0.2) is 18.6 Å². The van der Waals surface area contributed by atoms with E-state index in [-0.39, 0.29) is 12.0 Å². The molecule has 1 aliphatic rings. The zero-order valence-electron chi connectivity index (χ0n) is 8.50. The van der Waals surface area contributed by atoms with Gasteiger partial charge in [-0.3, -0.25) is 4.79 Å². The van der Waals surface area contributed by atoms with E-state index in [9.17, 15) is 4.79 Å². The number of halogens is 2. The lowest BCUT2D eigenvalue weighted by molar-refractivity contribution is -0.124. The van der Waals surface area contributed by atoms with E-state index in [1.807, 2.05) is 18.2 Å². The Balaban J connectivity index is 2.02. The normalized spacial score (nSPS) is 19.8. The molecule has 0 saturated carbocycles. The molecule has 0 radical (unpaired) electrons. The van der Waals surface area contributed by atoms with Crippen LogP contribution in [0.3, 0.4) is 0 Å². The average Bonchev–Trinajstić information content (AvgIpc) is 2.77. The van der Waals surface area contributed by atoms with Crippen molar-refractivity contribution in [3.05, 3.63) is 27.1 Å². The highest BCUT2D eigenvalue weighted by Crippen LogP contribution is 2.26. The second-order valence-corrected chi connectivity index (χ2v) is 5.33. The molecule has 1 atom stereocenters. The molecule has 0 bridgehead atoms. The molecule has 1 amide bonds. The molecular formula is C11H11Br2NO2. The SMILES string of the molecule is O=C(Nc1ccc(Br)c(Br)c1)[C@H]1CCCO1. The number of amides is 1. The average molecular weight is 349 g/mol. The van der Waals surface area contributed by atoms with E-state index in [2.05, 4.69) is 37.2 Å². The van der Waals surface area contributed by atoms with Gasteiger partial charge in [-0.2, -0.15) is 0 Å². The Morgan fingerprint density at radius 2 is 2.19 bits per heavy atom. The molecule has 1 fully saturated rings. The fourth-order valence-corrected chi connectivity index (χ4v) is 2.21. The van der Waals surface area contributed by atoms with Crippen LogP contribution >= 0.6 is 31.9 Å². The predicted molar refractivity (Wildman–Crippen MR) is 69.4 cm³/mol. The van der Waals surface area contributed by atoms with Gasteiger partial charge in [0.25, 0.3) is 5.91 Å². The van der Waals surface area contributed by atoms with E-state index in [4.69, 9.17) is 4.74 Å².